The number of rotatable bonds is 7. The van der Waals surface area contributed by atoms with Crippen LogP contribution in [0.1, 0.15) is 52.4 Å². The van der Waals surface area contributed by atoms with Crippen molar-refractivity contribution in [3.63, 3.8) is 0 Å². The third-order valence-electron chi connectivity index (χ3n) is 4.67. The Hall–Kier alpha value is -0.120. The second kappa shape index (κ2) is 8.13. The van der Waals surface area contributed by atoms with Crippen molar-refractivity contribution in [2.24, 2.45) is 11.7 Å². The van der Waals surface area contributed by atoms with E-state index in [1.54, 1.807) is 7.11 Å². The molecule has 0 amide bonds. The zero-order valence-corrected chi connectivity index (χ0v) is 12.6. The zero-order chi connectivity index (χ0) is 13.4. The van der Waals surface area contributed by atoms with Crippen molar-refractivity contribution in [2.45, 2.75) is 57.9 Å². The zero-order valence-electron chi connectivity index (χ0n) is 12.6. The first-order chi connectivity index (χ1) is 8.72. The topological polar surface area (TPSA) is 38.5 Å². The summed E-state index contributed by atoms with van der Waals surface area (Å²) < 4.78 is 5.44. The Morgan fingerprint density at radius 2 is 2.06 bits per heavy atom. The van der Waals surface area contributed by atoms with E-state index in [1.165, 1.54) is 45.2 Å². The third kappa shape index (κ3) is 3.94. The van der Waals surface area contributed by atoms with Crippen molar-refractivity contribution < 1.29 is 4.74 Å². The highest BCUT2D eigenvalue weighted by atomic mass is 16.5. The van der Waals surface area contributed by atoms with Crippen LogP contribution in [-0.2, 0) is 4.74 Å². The van der Waals surface area contributed by atoms with E-state index in [4.69, 9.17) is 10.5 Å². The van der Waals surface area contributed by atoms with Gasteiger partial charge in [0.1, 0.15) is 0 Å². The highest BCUT2D eigenvalue weighted by molar-refractivity contribution is 4.92. The minimum absolute atomic E-state index is 0.0653. The van der Waals surface area contributed by atoms with Crippen molar-refractivity contribution in [1.82, 2.24) is 4.90 Å². The molecule has 2 unspecified atom stereocenters. The van der Waals surface area contributed by atoms with Crippen molar-refractivity contribution in [1.29, 1.82) is 0 Å². The monoisotopic (exact) mass is 256 g/mol. The standard InChI is InChI=1S/C15H32N2O/c1-4-7-14-8-6-10-17(11-9-14)15(5-2,12-16)13-18-3/h14H,4-13,16H2,1-3H3. The van der Waals surface area contributed by atoms with Gasteiger partial charge in [0, 0.05) is 13.7 Å². The number of ether oxygens (including phenoxy) is 1. The molecule has 1 aliphatic rings. The maximum Gasteiger partial charge on any atom is 0.0658 e. The molecule has 18 heavy (non-hydrogen) atoms. The lowest BCUT2D eigenvalue weighted by atomic mass is 9.93. The smallest absolute Gasteiger partial charge is 0.0658 e. The molecule has 1 fully saturated rings. The summed E-state index contributed by atoms with van der Waals surface area (Å²) in [5, 5.41) is 0. The van der Waals surface area contributed by atoms with Crippen LogP contribution in [0.3, 0.4) is 0 Å². The molecular weight excluding hydrogens is 224 g/mol. The van der Waals surface area contributed by atoms with Gasteiger partial charge in [-0.3, -0.25) is 4.90 Å². The number of hydrogen-bond acceptors (Lipinski definition) is 3. The molecule has 0 bridgehead atoms. The SMILES string of the molecule is CCCC1CCCN(C(CC)(CN)COC)CC1. The fraction of sp³-hybridized carbons (Fsp3) is 1.00. The van der Waals surface area contributed by atoms with E-state index in [-0.39, 0.29) is 5.54 Å². The van der Waals surface area contributed by atoms with Crippen LogP contribution < -0.4 is 5.73 Å². The molecule has 3 nitrogen and oxygen atoms in total. The van der Waals surface area contributed by atoms with E-state index in [2.05, 4.69) is 18.7 Å². The van der Waals surface area contributed by atoms with Crippen LogP contribution in [-0.4, -0.2) is 43.8 Å². The summed E-state index contributed by atoms with van der Waals surface area (Å²) in [5.74, 6) is 0.926. The summed E-state index contributed by atoms with van der Waals surface area (Å²) in [6, 6.07) is 0. The molecule has 2 atom stereocenters. The van der Waals surface area contributed by atoms with Crippen LogP contribution in [0.5, 0.6) is 0 Å². The first-order valence-electron chi connectivity index (χ1n) is 7.66. The molecule has 0 spiro atoms. The summed E-state index contributed by atoms with van der Waals surface area (Å²) in [5.41, 5.74) is 6.12. The van der Waals surface area contributed by atoms with Gasteiger partial charge >= 0.3 is 0 Å². The molecular formula is C15H32N2O. The minimum atomic E-state index is 0.0653. The lowest BCUT2D eigenvalue weighted by Gasteiger charge is -2.42. The normalized spacial score (nSPS) is 25.7. The largest absolute Gasteiger partial charge is 0.383 e. The molecule has 2 N–H and O–H groups in total. The van der Waals surface area contributed by atoms with E-state index >= 15 is 0 Å². The van der Waals surface area contributed by atoms with Gasteiger partial charge in [0.15, 0.2) is 0 Å². The molecule has 0 aromatic rings. The number of nitrogens with two attached hydrogens (primary N) is 1. The van der Waals surface area contributed by atoms with Crippen molar-refractivity contribution in [3.8, 4) is 0 Å². The molecule has 0 aromatic carbocycles. The molecule has 0 radical (unpaired) electrons. The van der Waals surface area contributed by atoms with Crippen molar-refractivity contribution in [2.75, 3.05) is 33.4 Å². The Morgan fingerprint density at radius 3 is 2.61 bits per heavy atom. The van der Waals surface area contributed by atoms with E-state index < -0.39 is 0 Å². The molecule has 1 saturated heterocycles. The summed E-state index contributed by atoms with van der Waals surface area (Å²) in [6.07, 6.45) is 7.82. The van der Waals surface area contributed by atoms with Gasteiger partial charge in [-0.1, -0.05) is 26.7 Å². The lowest BCUT2D eigenvalue weighted by molar-refractivity contribution is 0.0130. The number of likely N-dealkylation sites (tertiary alicyclic amines) is 1. The second-order valence-electron chi connectivity index (χ2n) is 5.79. The average Bonchev–Trinajstić information content (AvgIpc) is 2.63. The van der Waals surface area contributed by atoms with Crippen LogP contribution in [0.4, 0.5) is 0 Å². The van der Waals surface area contributed by atoms with Crippen LogP contribution in [0.2, 0.25) is 0 Å². The van der Waals surface area contributed by atoms with Gasteiger partial charge in [0.2, 0.25) is 0 Å². The minimum Gasteiger partial charge on any atom is -0.383 e. The molecule has 1 rings (SSSR count). The molecule has 0 saturated carbocycles. The highest BCUT2D eigenvalue weighted by Crippen LogP contribution is 2.27. The summed E-state index contributed by atoms with van der Waals surface area (Å²) in [7, 11) is 1.79. The van der Waals surface area contributed by atoms with Gasteiger partial charge in [-0.25, -0.2) is 0 Å². The summed E-state index contributed by atoms with van der Waals surface area (Å²) in [6.45, 7) is 8.38. The Morgan fingerprint density at radius 1 is 1.28 bits per heavy atom. The van der Waals surface area contributed by atoms with Gasteiger partial charge < -0.3 is 10.5 Å². The number of methoxy groups -OCH3 is 1. The van der Waals surface area contributed by atoms with Gasteiger partial charge in [0.25, 0.3) is 0 Å². The molecule has 0 aliphatic carbocycles. The Kier molecular flexibility index (Phi) is 7.20. The lowest BCUT2D eigenvalue weighted by Crippen LogP contribution is -2.56. The first kappa shape index (κ1) is 15.9. The van der Waals surface area contributed by atoms with E-state index in [1.807, 2.05) is 0 Å². The van der Waals surface area contributed by atoms with Crippen LogP contribution >= 0.6 is 0 Å². The van der Waals surface area contributed by atoms with E-state index in [0.717, 1.165) is 18.9 Å². The van der Waals surface area contributed by atoms with E-state index in [0.29, 0.717) is 6.54 Å². The predicted molar refractivity (Wildman–Crippen MR) is 77.8 cm³/mol. The maximum atomic E-state index is 6.06. The molecule has 108 valence electrons. The average molecular weight is 256 g/mol. The predicted octanol–water partition coefficient (Wildman–Crippen LogP) is 2.64. The Bertz CT molecular complexity index is 217. The molecule has 3 heteroatoms. The fourth-order valence-corrected chi connectivity index (χ4v) is 3.35. The highest BCUT2D eigenvalue weighted by Gasteiger charge is 2.34. The van der Waals surface area contributed by atoms with E-state index in [9.17, 15) is 0 Å². The Balaban J connectivity index is 2.63. The van der Waals surface area contributed by atoms with Crippen molar-refractivity contribution >= 4 is 0 Å². The van der Waals surface area contributed by atoms with Crippen LogP contribution in [0.15, 0.2) is 0 Å². The van der Waals surface area contributed by atoms with Crippen LogP contribution in [0.25, 0.3) is 0 Å². The second-order valence-corrected chi connectivity index (χ2v) is 5.79. The maximum absolute atomic E-state index is 6.06. The Labute approximate surface area is 113 Å². The number of hydrogen-bond donors (Lipinski definition) is 1. The van der Waals surface area contributed by atoms with Gasteiger partial charge in [-0.05, 0) is 44.7 Å². The van der Waals surface area contributed by atoms with Gasteiger partial charge in [-0.15, -0.1) is 0 Å². The summed E-state index contributed by atoms with van der Waals surface area (Å²) >= 11 is 0. The quantitative estimate of drug-likeness (QED) is 0.761. The first-order valence-corrected chi connectivity index (χ1v) is 7.66. The summed E-state index contributed by atoms with van der Waals surface area (Å²) in [4.78, 5) is 2.60. The van der Waals surface area contributed by atoms with Gasteiger partial charge in [0.05, 0.1) is 12.1 Å². The number of nitrogens with zero attached hydrogens (tertiary/aromatic N) is 1. The van der Waals surface area contributed by atoms with Crippen molar-refractivity contribution in [3.05, 3.63) is 0 Å². The fourth-order valence-electron chi connectivity index (χ4n) is 3.35. The molecule has 1 heterocycles. The van der Waals surface area contributed by atoms with Gasteiger partial charge in [-0.2, -0.15) is 0 Å². The van der Waals surface area contributed by atoms with Crippen LogP contribution in [0, 0.1) is 5.92 Å². The third-order valence-corrected chi connectivity index (χ3v) is 4.67. The molecule has 1 aliphatic heterocycles. The molecule has 0 aromatic heterocycles.